The minimum Gasteiger partial charge on any atom is -0.484 e. The highest BCUT2D eigenvalue weighted by Gasteiger charge is 2.08. The van der Waals surface area contributed by atoms with Crippen LogP contribution in [0.3, 0.4) is 0 Å². The summed E-state index contributed by atoms with van der Waals surface area (Å²) in [5.74, 6) is 0.195. The molecule has 1 N–H and O–H groups in total. The largest absolute Gasteiger partial charge is 0.484 e. The maximum absolute atomic E-state index is 11.8. The van der Waals surface area contributed by atoms with Gasteiger partial charge in [0.2, 0.25) is 0 Å². The summed E-state index contributed by atoms with van der Waals surface area (Å²) >= 11 is 0. The van der Waals surface area contributed by atoms with Crippen LogP contribution in [0.5, 0.6) is 5.75 Å². The van der Waals surface area contributed by atoms with Crippen LogP contribution in [-0.4, -0.2) is 23.1 Å². The number of nitrogens with one attached hydrogen (secondary N) is 1. The smallest absolute Gasteiger partial charge is 0.277 e. The van der Waals surface area contributed by atoms with Gasteiger partial charge in [-0.25, -0.2) is 5.43 Å². The molecule has 7 nitrogen and oxygen atoms in total. The van der Waals surface area contributed by atoms with Crippen molar-refractivity contribution in [3.05, 3.63) is 69.3 Å². The molecule has 0 aliphatic rings. The van der Waals surface area contributed by atoms with Crippen LogP contribution in [0, 0.1) is 24.0 Å². The molecule has 0 radical (unpaired) electrons. The summed E-state index contributed by atoms with van der Waals surface area (Å²) in [6.07, 6.45) is 0. The first-order chi connectivity index (χ1) is 11.9. The van der Waals surface area contributed by atoms with Crippen LogP contribution in [0.4, 0.5) is 5.69 Å². The van der Waals surface area contributed by atoms with Gasteiger partial charge in [0.1, 0.15) is 5.75 Å². The number of non-ortho nitro benzene ring substituents is 1. The monoisotopic (exact) mass is 341 g/mol. The Bertz CT molecular complexity index is 831. The molecular weight excluding hydrogens is 322 g/mol. The van der Waals surface area contributed by atoms with Gasteiger partial charge in [-0.05, 0) is 44.0 Å². The summed E-state index contributed by atoms with van der Waals surface area (Å²) in [6.45, 7) is 5.45. The SMILES string of the molecule is C/C(=N/NC(=O)COc1ccc(C)c(C)c1)c1cccc([N+](=O)[O-])c1. The van der Waals surface area contributed by atoms with E-state index in [4.69, 9.17) is 4.74 Å². The van der Waals surface area contributed by atoms with E-state index in [2.05, 4.69) is 10.5 Å². The molecule has 0 spiro atoms. The highest BCUT2D eigenvalue weighted by atomic mass is 16.6. The fraction of sp³-hybridized carbons (Fsp3) is 0.222. The summed E-state index contributed by atoms with van der Waals surface area (Å²) in [5, 5.41) is 14.7. The van der Waals surface area contributed by atoms with Crippen molar-refractivity contribution in [1.82, 2.24) is 5.43 Å². The molecule has 1 amide bonds. The molecule has 2 aromatic carbocycles. The molecule has 2 rings (SSSR count). The molecule has 0 aromatic heterocycles. The van der Waals surface area contributed by atoms with Crippen molar-refractivity contribution in [2.45, 2.75) is 20.8 Å². The Kier molecular flexibility index (Phi) is 5.84. The number of carbonyl (C=O) groups is 1. The molecule has 0 aliphatic carbocycles. The van der Waals surface area contributed by atoms with Crippen molar-refractivity contribution in [2.75, 3.05) is 6.61 Å². The van der Waals surface area contributed by atoms with Gasteiger partial charge >= 0.3 is 0 Å². The van der Waals surface area contributed by atoms with Crippen LogP contribution in [0.1, 0.15) is 23.6 Å². The summed E-state index contributed by atoms with van der Waals surface area (Å²) in [5.41, 5.74) is 5.60. The standard InChI is InChI=1S/C18H19N3O4/c1-12-7-8-17(9-13(12)2)25-11-18(22)20-19-14(3)15-5-4-6-16(10-15)21(23)24/h4-10H,11H2,1-3H3,(H,20,22)/b19-14-. The van der Waals surface area contributed by atoms with E-state index in [1.54, 1.807) is 25.1 Å². The lowest BCUT2D eigenvalue weighted by molar-refractivity contribution is -0.384. The van der Waals surface area contributed by atoms with E-state index < -0.39 is 10.8 Å². The zero-order valence-corrected chi connectivity index (χ0v) is 14.3. The number of hydrazone groups is 1. The normalized spacial score (nSPS) is 11.1. The van der Waals surface area contributed by atoms with Crippen LogP contribution in [0.15, 0.2) is 47.6 Å². The van der Waals surface area contributed by atoms with E-state index in [1.807, 2.05) is 26.0 Å². The molecule has 0 unspecified atom stereocenters. The average molecular weight is 341 g/mol. The molecule has 2 aromatic rings. The minimum atomic E-state index is -0.479. The number of nitro groups is 1. The minimum absolute atomic E-state index is 0.0311. The molecule has 0 bridgehead atoms. The Morgan fingerprint density at radius 1 is 1.20 bits per heavy atom. The van der Waals surface area contributed by atoms with Crippen molar-refractivity contribution in [3.63, 3.8) is 0 Å². The summed E-state index contributed by atoms with van der Waals surface area (Å²) < 4.78 is 5.42. The second kappa shape index (κ2) is 8.05. The van der Waals surface area contributed by atoms with E-state index in [9.17, 15) is 14.9 Å². The zero-order chi connectivity index (χ0) is 18.4. The Morgan fingerprint density at radius 2 is 1.96 bits per heavy atom. The second-order valence-electron chi connectivity index (χ2n) is 5.57. The maximum Gasteiger partial charge on any atom is 0.277 e. The van der Waals surface area contributed by atoms with E-state index in [1.165, 1.54) is 12.1 Å². The zero-order valence-electron chi connectivity index (χ0n) is 14.3. The van der Waals surface area contributed by atoms with Crippen molar-refractivity contribution < 1.29 is 14.5 Å². The number of hydrogen-bond acceptors (Lipinski definition) is 5. The molecule has 130 valence electrons. The number of rotatable bonds is 6. The molecule has 25 heavy (non-hydrogen) atoms. The van der Waals surface area contributed by atoms with Crippen molar-refractivity contribution >= 4 is 17.3 Å². The number of nitro benzene ring substituents is 1. The van der Waals surface area contributed by atoms with Gasteiger partial charge in [0.15, 0.2) is 6.61 Å². The molecule has 0 saturated heterocycles. The molecule has 0 saturated carbocycles. The highest BCUT2D eigenvalue weighted by Crippen LogP contribution is 2.16. The van der Waals surface area contributed by atoms with Gasteiger partial charge in [0.05, 0.1) is 10.6 Å². The first-order valence-corrected chi connectivity index (χ1v) is 7.65. The molecule has 0 atom stereocenters. The summed E-state index contributed by atoms with van der Waals surface area (Å²) in [4.78, 5) is 22.1. The molecule has 0 aliphatic heterocycles. The number of benzene rings is 2. The van der Waals surface area contributed by atoms with Crippen molar-refractivity contribution in [2.24, 2.45) is 5.10 Å². The lowest BCUT2D eigenvalue weighted by Gasteiger charge is -2.08. The van der Waals surface area contributed by atoms with E-state index in [0.29, 0.717) is 17.0 Å². The second-order valence-corrected chi connectivity index (χ2v) is 5.57. The van der Waals surface area contributed by atoms with E-state index >= 15 is 0 Å². The summed E-state index contributed by atoms with van der Waals surface area (Å²) in [7, 11) is 0. The fourth-order valence-electron chi connectivity index (χ4n) is 2.04. The molecule has 0 fully saturated rings. The van der Waals surface area contributed by atoms with E-state index in [-0.39, 0.29) is 12.3 Å². The molecular formula is C18H19N3O4. The fourth-order valence-corrected chi connectivity index (χ4v) is 2.04. The van der Waals surface area contributed by atoms with Gasteiger partial charge in [-0.3, -0.25) is 14.9 Å². The predicted octanol–water partition coefficient (Wildman–Crippen LogP) is 3.13. The summed E-state index contributed by atoms with van der Waals surface area (Å²) in [6, 6.07) is 11.6. The molecule has 0 heterocycles. The number of aryl methyl sites for hydroxylation is 2. The lowest BCUT2D eigenvalue weighted by Crippen LogP contribution is -2.25. The van der Waals surface area contributed by atoms with Crippen molar-refractivity contribution in [1.29, 1.82) is 0 Å². The van der Waals surface area contributed by atoms with Crippen LogP contribution in [-0.2, 0) is 4.79 Å². The average Bonchev–Trinajstić information content (AvgIpc) is 2.60. The number of amides is 1. The van der Waals surface area contributed by atoms with E-state index in [0.717, 1.165) is 11.1 Å². The number of hydrogen-bond donors (Lipinski definition) is 1. The van der Waals surface area contributed by atoms with Crippen LogP contribution < -0.4 is 10.2 Å². The van der Waals surface area contributed by atoms with Crippen LogP contribution in [0.2, 0.25) is 0 Å². The van der Waals surface area contributed by atoms with Crippen LogP contribution in [0.25, 0.3) is 0 Å². The number of nitrogens with zero attached hydrogens (tertiary/aromatic N) is 2. The quantitative estimate of drug-likeness (QED) is 0.496. The third-order valence-electron chi connectivity index (χ3n) is 3.67. The first-order valence-electron chi connectivity index (χ1n) is 7.65. The van der Waals surface area contributed by atoms with Gasteiger partial charge in [-0.1, -0.05) is 18.2 Å². The number of carbonyl (C=O) groups excluding carboxylic acids is 1. The maximum atomic E-state index is 11.8. The van der Waals surface area contributed by atoms with Gasteiger partial charge in [-0.2, -0.15) is 5.10 Å². The van der Waals surface area contributed by atoms with Gasteiger partial charge in [0, 0.05) is 17.7 Å². The van der Waals surface area contributed by atoms with Crippen LogP contribution >= 0.6 is 0 Å². The predicted molar refractivity (Wildman–Crippen MR) is 94.9 cm³/mol. The topological polar surface area (TPSA) is 93.8 Å². The van der Waals surface area contributed by atoms with Gasteiger partial charge in [0.25, 0.3) is 11.6 Å². The third-order valence-corrected chi connectivity index (χ3v) is 3.67. The third kappa shape index (κ3) is 5.13. The van der Waals surface area contributed by atoms with Gasteiger partial charge < -0.3 is 4.74 Å². The van der Waals surface area contributed by atoms with Gasteiger partial charge in [-0.15, -0.1) is 0 Å². The lowest BCUT2D eigenvalue weighted by atomic mass is 10.1. The Morgan fingerprint density at radius 3 is 2.64 bits per heavy atom. The first kappa shape index (κ1) is 18.1. The Labute approximate surface area is 145 Å². The Hall–Kier alpha value is -3.22. The Balaban J connectivity index is 1.93. The highest BCUT2D eigenvalue weighted by molar-refractivity contribution is 5.99. The molecule has 7 heteroatoms. The van der Waals surface area contributed by atoms with Crippen molar-refractivity contribution in [3.8, 4) is 5.75 Å². The number of ether oxygens (including phenoxy) is 1.